The fraction of sp³-hybridized carbons (Fsp3) is 0.100. The van der Waals surface area contributed by atoms with Gasteiger partial charge in [-0.25, -0.2) is 9.50 Å². The van der Waals surface area contributed by atoms with Crippen LogP contribution in [-0.2, 0) is 7.05 Å². The van der Waals surface area contributed by atoms with E-state index in [-0.39, 0.29) is 17.1 Å². The fourth-order valence-electron chi connectivity index (χ4n) is 4.73. The third kappa shape index (κ3) is 4.35. The molecule has 10 nitrogen and oxygen atoms in total. The van der Waals surface area contributed by atoms with Gasteiger partial charge in [0.1, 0.15) is 0 Å². The maximum Gasteiger partial charge on any atom is 0.274 e. The van der Waals surface area contributed by atoms with Crippen LogP contribution >= 0.6 is 0 Å². The largest absolute Gasteiger partial charge is 0.382 e. The molecule has 10 heteroatoms. The highest BCUT2D eigenvalue weighted by Gasteiger charge is 2.23. The highest BCUT2D eigenvalue weighted by molar-refractivity contribution is 5.98. The number of pyridine rings is 1. The Morgan fingerprint density at radius 3 is 2.62 bits per heavy atom. The maximum atomic E-state index is 14.2. The van der Waals surface area contributed by atoms with E-state index >= 15 is 0 Å². The molecule has 0 radical (unpaired) electrons. The summed E-state index contributed by atoms with van der Waals surface area (Å²) in [4.78, 5) is 31.8. The predicted octanol–water partition coefficient (Wildman–Crippen LogP) is 3.24. The number of nitrogen functional groups attached to an aromatic ring is 1. The smallest absolute Gasteiger partial charge is 0.274 e. The standard InChI is InChI=1S/C30H24N8O2/c1-19(34-29(39)27-28(31)35-25-12-7-15-32-38(25)27)24-16-22-9-6-8-21(14-13-20-17-33-36(2)18-20)26(22)30(40)37(24)23-10-4-3-5-11-23/h3-12,15-19H,31H2,1-2H3,(H,34,39)/t19-/m1/s1. The van der Waals surface area contributed by atoms with Crippen LogP contribution in [0.5, 0.6) is 0 Å². The van der Waals surface area contributed by atoms with Crippen molar-refractivity contribution in [2.45, 2.75) is 13.0 Å². The highest BCUT2D eigenvalue weighted by atomic mass is 16.2. The van der Waals surface area contributed by atoms with E-state index in [0.717, 1.165) is 5.56 Å². The molecule has 0 bridgehead atoms. The third-order valence-electron chi connectivity index (χ3n) is 6.56. The summed E-state index contributed by atoms with van der Waals surface area (Å²) in [5.41, 5.74) is 9.02. The molecule has 0 unspecified atom stereocenters. The first-order valence-corrected chi connectivity index (χ1v) is 12.6. The number of amides is 1. The second-order valence-electron chi connectivity index (χ2n) is 9.30. The summed E-state index contributed by atoms with van der Waals surface area (Å²) in [7, 11) is 1.82. The Morgan fingerprint density at radius 1 is 1.02 bits per heavy atom. The van der Waals surface area contributed by atoms with Gasteiger partial charge in [-0.05, 0) is 48.7 Å². The van der Waals surface area contributed by atoms with Crippen molar-refractivity contribution < 1.29 is 4.79 Å². The minimum Gasteiger partial charge on any atom is -0.382 e. The highest BCUT2D eigenvalue weighted by Crippen LogP contribution is 2.24. The van der Waals surface area contributed by atoms with Gasteiger partial charge in [0.2, 0.25) is 0 Å². The van der Waals surface area contributed by atoms with Gasteiger partial charge in [0, 0.05) is 36.4 Å². The molecule has 196 valence electrons. The van der Waals surface area contributed by atoms with Crippen LogP contribution in [0.15, 0.2) is 90.1 Å². The number of aromatic nitrogens is 6. The first kappa shape index (κ1) is 24.6. The number of fused-ring (bicyclic) bond motifs is 2. The van der Waals surface area contributed by atoms with Gasteiger partial charge in [-0.1, -0.05) is 42.2 Å². The molecular formula is C30H24N8O2. The number of carbonyl (C=O) groups is 1. The van der Waals surface area contributed by atoms with E-state index in [1.54, 1.807) is 33.8 Å². The normalized spacial score (nSPS) is 11.8. The zero-order valence-electron chi connectivity index (χ0n) is 21.7. The van der Waals surface area contributed by atoms with Crippen molar-refractivity contribution in [3.63, 3.8) is 0 Å². The minimum absolute atomic E-state index is 0.0687. The number of hydrogen-bond acceptors (Lipinski definition) is 6. The number of nitrogens with one attached hydrogen (secondary N) is 1. The third-order valence-corrected chi connectivity index (χ3v) is 6.56. The first-order valence-electron chi connectivity index (χ1n) is 12.6. The Hall–Kier alpha value is -5.69. The Bertz CT molecular complexity index is 2030. The average molecular weight is 529 g/mol. The van der Waals surface area contributed by atoms with Crippen LogP contribution in [0.1, 0.15) is 40.3 Å². The number of anilines is 1. The average Bonchev–Trinajstić information content (AvgIpc) is 3.53. The molecule has 0 saturated carbocycles. The Balaban J connectivity index is 1.48. The lowest BCUT2D eigenvalue weighted by molar-refractivity contribution is 0.0932. The van der Waals surface area contributed by atoms with Crippen molar-refractivity contribution in [3.05, 3.63) is 118 Å². The molecule has 4 heterocycles. The van der Waals surface area contributed by atoms with Gasteiger partial charge in [-0.3, -0.25) is 18.8 Å². The number of aryl methyl sites for hydroxylation is 1. The Kier molecular flexibility index (Phi) is 6.09. The number of hydrogen-bond donors (Lipinski definition) is 2. The zero-order valence-corrected chi connectivity index (χ0v) is 21.7. The van der Waals surface area contributed by atoms with Gasteiger partial charge in [0.05, 0.1) is 23.2 Å². The summed E-state index contributed by atoms with van der Waals surface area (Å²) in [6.45, 7) is 1.82. The van der Waals surface area contributed by atoms with Gasteiger partial charge < -0.3 is 11.1 Å². The second-order valence-corrected chi connectivity index (χ2v) is 9.30. The van der Waals surface area contributed by atoms with E-state index in [1.165, 1.54) is 4.52 Å². The molecule has 6 rings (SSSR count). The molecule has 4 aromatic heterocycles. The molecule has 0 spiro atoms. The van der Waals surface area contributed by atoms with E-state index in [1.807, 2.05) is 74.8 Å². The molecule has 0 aliphatic carbocycles. The Labute approximate surface area is 228 Å². The van der Waals surface area contributed by atoms with Crippen molar-refractivity contribution in [2.75, 3.05) is 5.73 Å². The molecule has 2 aromatic carbocycles. The van der Waals surface area contributed by atoms with E-state index in [4.69, 9.17) is 5.73 Å². The lowest BCUT2D eigenvalue weighted by Crippen LogP contribution is -2.33. The van der Waals surface area contributed by atoms with Gasteiger partial charge in [-0.2, -0.15) is 10.2 Å². The maximum absolute atomic E-state index is 14.2. The zero-order chi connectivity index (χ0) is 27.8. The van der Waals surface area contributed by atoms with E-state index < -0.39 is 11.9 Å². The Morgan fingerprint density at radius 2 is 1.85 bits per heavy atom. The molecular weight excluding hydrogens is 504 g/mol. The second kappa shape index (κ2) is 9.89. The van der Waals surface area contributed by atoms with Crippen molar-refractivity contribution in [1.82, 2.24) is 34.3 Å². The summed E-state index contributed by atoms with van der Waals surface area (Å²) in [5.74, 6) is 5.85. The van der Waals surface area contributed by atoms with E-state index in [9.17, 15) is 9.59 Å². The molecule has 0 saturated heterocycles. The van der Waals surface area contributed by atoms with Crippen LogP contribution < -0.4 is 16.6 Å². The van der Waals surface area contributed by atoms with Crippen LogP contribution in [-0.4, -0.2) is 34.9 Å². The van der Waals surface area contributed by atoms with E-state index in [0.29, 0.717) is 33.4 Å². The van der Waals surface area contributed by atoms with Gasteiger partial charge in [0.25, 0.3) is 11.5 Å². The van der Waals surface area contributed by atoms with Gasteiger partial charge >= 0.3 is 0 Å². The topological polar surface area (TPSA) is 125 Å². The monoisotopic (exact) mass is 528 g/mol. The molecule has 1 atom stereocenters. The summed E-state index contributed by atoms with van der Waals surface area (Å²) >= 11 is 0. The number of nitrogens with zero attached hydrogens (tertiary/aromatic N) is 6. The summed E-state index contributed by atoms with van der Waals surface area (Å²) < 4.78 is 4.68. The number of para-hydroxylation sites is 1. The fourth-order valence-corrected chi connectivity index (χ4v) is 4.73. The van der Waals surface area contributed by atoms with Crippen molar-refractivity contribution >= 4 is 28.1 Å². The van der Waals surface area contributed by atoms with Crippen LogP contribution in [0.3, 0.4) is 0 Å². The summed E-state index contributed by atoms with van der Waals surface area (Å²) in [6, 6.07) is 19.6. The number of imidazole rings is 1. The van der Waals surface area contributed by atoms with Crippen LogP contribution in [0, 0.1) is 11.8 Å². The molecule has 0 aliphatic rings. The van der Waals surface area contributed by atoms with Crippen LogP contribution in [0.25, 0.3) is 22.1 Å². The molecule has 1 amide bonds. The van der Waals surface area contributed by atoms with Crippen molar-refractivity contribution in [1.29, 1.82) is 0 Å². The summed E-state index contributed by atoms with van der Waals surface area (Å²) in [5, 5.41) is 12.5. The molecule has 40 heavy (non-hydrogen) atoms. The van der Waals surface area contributed by atoms with Crippen molar-refractivity contribution in [2.24, 2.45) is 7.05 Å². The SMILES string of the molecule is C[C@@H](NC(=O)c1c(N)nc2cccnn12)c1cc2cccc(C#Cc3cnn(C)c3)c2c(=O)n1-c1ccccc1. The van der Waals surface area contributed by atoms with Crippen molar-refractivity contribution in [3.8, 4) is 17.5 Å². The summed E-state index contributed by atoms with van der Waals surface area (Å²) in [6.07, 6.45) is 5.04. The number of carbonyl (C=O) groups excluding carboxylic acids is 1. The van der Waals surface area contributed by atoms with E-state index in [2.05, 4.69) is 32.3 Å². The molecule has 0 aliphatic heterocycles. The first-order chi connectivity index (χ1) is 19.4. The number of benzene rings is 2. The van der Waals surface area contributed by atoms with Gasteiger partial charge in [0.15, 0.2) is 17.2 Å². The lowest BCUT2D eigenvalue weighted by Gasteiger charge is -2.21. The van der Waals surface area contributed by atoms with Crippen LogP contribution in [0.2, 0.25) is 0 Å². The molecule has 0 fully saturated rings. The van der Waals surface area contributed by atoms with Gasteiger partial charge in [-0.15, -0.1) is 0 Å². The number of nitrogens with two attached hydrogens (primary N) is 1. The molecule has 3 N–H and O–H groups in total. The minimum atomic E-state index is -0.580. The quantitative estimate of drug-likeness (QED) is 0.339. The molecule has 6 aromatic rings. The van der Waals surface area contributed by atoms with Crippen LogP contribution in [0.4, 0.5) is 5.82 Å². The predicted molar refractivity (Wildman–Crippen MR) is 152 cm³/mol. The number of rotatable bonds is 4. The lowest BCUT2D eigenvalue weighted by atomic mass is 10.0.